The van der Waals surface area contributed by atoms with Crippen LogP contribution in [0, 0.1) is 0 Å². The molecule has 0 radical (unpaired) electrons. The Hall–Kier alpha value is -2.40. The molecule has 0 saturated carbocycles. The van der Waals surface area contributed by atoms with Crippen molar-refractivity contribution in [3.05, 3.63) is 47.0 Å². The van der Waals surface area contributed by atoms with Gasteiger partial charge in [-0.25, -0.2) is 0 Å². The number of anilines is 1. The Bertz CT molecular complexity index is 690. The van der Waals surface area contributed by atoms with Gasteiger partial charge in [0.05, 0.1) is 37.8 Å². The van der Waals surface area contributed by atoms with E-state index in [2.05, 4.69) is 10.5 Å². The lowest BCUT2D eigenvalue weighted by atomic mass is 10.2. The summed E-state index contributed by atoms with van der Waals surface area (Å²) in [6.45, 7) is 2.52. The van der Waals surface area contributed by atoms with Crippen LogP contribution in [0.4, 0.5) is 5.69 Å². The molecule has 0 fully saturated rings. The Morgan fingerprint density at radius 2 is 1.78 bits per heavy atom. The van der Waals surface area contributed by atoms with E-state index in [1.54, 1.807) is 32.6 Å². The van der Waals surface area contributed by atoms with Gasteiger partial charge in [0.25, 0.3) is 0 Å². The number of methoxy groups -OCH3 is 2. The smallest absolute Gasteiger partial charge is 0.161 e. The third-order valence-electron chi connectivity index (χ3n) is 3.05. The first kappa shape index (κ1) is 17.0. The van der Waals surface area contributed by atoms with E-state index in [-0.39, 0.29) is 0 Å². The summed E-state index contributed by atoms with van der Waals surface area (Å²) in [5.74, 6) is 2.00. The summed E-state index contributed by atoms with van der Waals surface area (Å²) in [6, 6.07) is 11.0. The molecule has 0 saturated heterocycles. The number of halogens is 1. The largest absolute Gasteiger partial charge is 0.495 e. The van der Waals surface area contributed by atoms with Gasteiger partial charge >= 0.3 is 0 Å². The van der Waals surface area contributed by atoms with Gasteiger partial charge < -0.3 is 14.2 Å². The minimum atomic E-state index is 0.524. The molecule has 0 aliphatic heterocycles. The normalized spacial score (nSPS) is 10.6. The number of ether oxygens (including phenoxy) is 3. The Kier molecular flexibility index (Phi) is 6.11. The van der Waals surface area contributed by atoms with E-state index in [1.165, 1.54) is 0 Å². The van der Waals surface area contributed by atoms with Crippen molar-refractivity contribution in [1.29, 1.82) is 0 Å². The number of nitrogens with zero attached hydrogens (tertiary/aromatic N) is 1. The van der Waals surface area contributed by atoms with Crippen LogP contribution >= 0.6 is 11.6 Å². The highest BCUT2D eigenvalue weighted by Gasteiger charge is 2.04. The van der Waals surface area contributed by atoms with Gasteiger partial charge in [-0.3, -0.25) is 5.43 Å². The maximum atomic E-state index is 6.06. The van der Waals surface area contributed by atoms with E-state index in [1.807, 2.05) is 31.2 Å². The average molecular weight is 335 g/mol. The Morgan fingerprint density at radius 3 is 2.43 bits per heavy atom. The Labute approximate surface area is 140 Å². The van der Waals surface area contributed by atoms with E-state index in [4.69, 9.17) is 25.8 Å². The maximum absolute atomic E-state index is 6.06. The SMILES string of the molecule is CCOc1ccc(/C=N/Nc2ccc(OC)c(Cl)c2)cc1OC. The third-order valence-corrected chi connectivity index (χ3v) is 3.34. The number of hydrogen-bond donors (Lipinski definition) is 1. The summed E-state index contributed by atoms with van der Waals surface area (Å²) in [7, 11) is 3.18. The van der Waals surface area contributed by atoms with Gasteiger partial charge in [0.1, 0.15) is 5.75 Å². The number of hydrogen-bond acceptors (Lipinski definition) is 5. The lowest BCUT2D eigenvalue weighted by molar-refractivity contribution is 0.311. The van der Waals surface area contributed by atoms with Crippen LogP contribution in [-0.4, -0.2) is 27.0 Å². The van der Waals surface area contributed by atoms with E-state index < -0.39 is 0 Å². The Balaban J connectivity index is 2.07. The third kappa shape index (κ3) is 4.53. The predicted molar refractivity (Wildman–Crippen MR) is 93.4 cm³/mol. The fourth-order valence-corrected chi connectivity index (χ4v) is 2.21. The van der Waals surface area contributed by atoms with Crippen LogP contribution in [0.3, 0.4) is 0 Å². The Morgan fingerprint density at radius 1 is 1.04 bits per heavy atom. The summed E-state index contributed by atoms with van der Waals surface area (Å²) >= 11 is 6.06. The molecule has 0 unspecified atom stereocenters. The number of nitrogens with one attached hydrogen (secondary N) is 1. The van der Waals surface area contributed by atoms with Crippen LogP contribution in [0.2, 0.25) is 5.02 Å². The molecule has 122 valence electrons. The van der Waals surface area contributed by atoms with E-state index in [0.29, 0.717) is 28.9 Å². The summed E-state index contributed by atoms with van der Waals surface area (Å²) in [5, 5.41) is 4.71. The van der Waals surface area contributed by atoms with Crippen molar-refractivity contribution >= 4 is 23.5 Å². The molecule has 0 amide bonds. The monoisotopic (exact) mass is 334 g/mol. The number of hydrazone groups is 1. The lowest BCUT2D eigenvalue weighted by Crippen LogP contribution is -1.97. The van der Waals surface area contributed by atoms with Gasteiger partial charge in [0, 0.05) is 0 Å². The minimum absolute atomic E-state index is 0.524. The maximum Gasteiger partial charge on any atom is 0.161 e. The molecule has 0 atom stereocenters. The van der Waals surface area contributed by atoms with Crippen LogP contribution in [0.15, 0.2) is 41.5 Å². The zero-order chi connectivity index (χ0) is 16.7. The molecule has 0 aliphatic rings. The summed E-state index contributed by atoms with van der Waals surface area (Å²) < 4.78 is 15.9. The standard InChI is InChI=1S/C17H19ClN2O3/c1-4-23-16-7-5-12(9-17(16)22-3)11-19-20-13-6-8-15(21-2)14(18)10-13/h5-11,20H,4H2,1-3H3/b19-11+. The summed E-state index contributed by atoms with van der Waals surface area (Å²) in [6.07, 6.45) is 1.69. The average Bonchev–Trinajstić information content (AvgIpc) is 2.56. The predicted octanol–water partition coefficient (Wildman–Crippen LogP) is 4.20. The molecule has 1 N–H and O–H groups in total. The fourth-order valence-electron chi connectivity index (χ4n) is 1.96. The topological polar surface area (TPSA) is 52.1 Å². The van der Waals surface area contributed by atoms with Crippen molar-refractivity contribution in [3.8, 4) is 17.2 Å². The molecule has 23 heavy (non-hydrogen) atoms. The van der Waals surface area contributed by atoms with Crippen molar-refractivity contribution in [2.24, 2.45) is 5.10 Å². The molecule has 2 aromatic rings. The van der Waals surface area contributed by atoms with Crippen molar-refractivity contribution in [1.82, 2.24) is 0 Å². The van der Waals surface area contributed by atoms with Crippen LogP contribution in [0.25, 0.3) is 0 Å². The van der Waals surface area contributed by atoms with Gasteiger partial charge in [-0.05, 0) is 48.9 Å². The van der Waals surface area contributed by atoms with Crippen LogP contribution in [0.5, 0.6) is 17.2 Å². The highest BCUT2D eigenvalue weighted by atomic mass is 35.5. The molecular weight excluding hydrogens is 316 g/mol. The highest BCUT2D eigenvalue weighted by Crippen LogP contribution is 2.28. The quantitative estimate of drug-likeness (QED) is 0.609. The first-order valence-electron chi connectivity index (χ1n) is 7.11. The summed E-state index contributed by atoms with van der Waals surface area (Å²) in [5.41, 5.74) is 4.57. The molecule has 0 aliphatic carbocycles. The molecule has 5 nitrogen and oxygen atoms in total. The van der Waals surface area contributed by atoms with Crippen molar-refractivity contribution in [3.63, 3.8) is 0 Å². The molecule has 0 bridgehead atoms. The van der Waals surface area contributed by atoms with Gasteiger partial charge in [-0.2, -0.15) is 5.10 Å². The van der Waals surface area contributed by atoms with Crippen molar-refractivity contribution in [2.45, 2.75) is 6.92 Å². The zero-order valence-electron chi connectivity index (χ0n) is 13.3. The van der Waals surface area contributed by atoms with Crippen molar-refractivity contribution < 1.29 is 14.2 Å². The van der Waals surface area contributed by atoms with Gasteiger partial charge in [0.2, 0.25) is 0 Å². The molecule has 0 heterocycles. The molecule has 0 aromatic heterocycles. The molecule has 2 aromatic carbocycles. The minimum Gasteiger partial charge on any atom is -0.495 e. The second kappa shape index (κ2) is 8.29. The second-order valence-corrected chi connectivity index (χ2v) is 4.97. The zero-order valence-corrected chi connectivity index (χ0v) is 14.1. The lowest BCUT2D eigenvalue weighted by Gasteiger charge is -2.09. The van der Waals surface area contributed by atoms with E-state index in [0.717, 1.165) is 11.3 Å². The molecule has 6 heteroatoms. The van der Waals surface area contributed by atoms with Crippen LogP contribution in [-0.2, 0) is 0 Å². The van der Waals surface area contributed by atoms with Gasteiger partial charge in [-0.1, -0.05) is 11.6 Å². The van der Waals surface area contributed by atoms with Crippen LogP contribution < -0.4 is 19.6 Å². The number of rotatable bonds is 7. The van der Waals surface area contributed by atoms with E-state index >= 15 is 0 Å². The van der Waals surface area contributed by atoms with Crippen molar-refractivity contribution in [2.75, 3.05) is 26.3 Å². The molecular formula is C17H19ClN2O3. The number of benzene rings is 2. The molecule has 2 rings (SSSR count). The molecule has 0 spiro atoms. The van der Waals surface area contributed by atoms with Gasteiger partial charge in [0.15, 0.2) is 11.5 Å². The fraction of sp³-hybridized carbons (Fsp3) is 0.235. The first-order chi connectivity index (χ1) is 11.2. The van der Waals surface area contributed by atoms with Crippen LogP contribution in [0.1, 0.15) is 12.5 Å². The second-order valence-electron chi connectivity index (χ2n) is 4.56. The highest BCUT2D eigenvalue weighted by molar-refractivity contribution is 6.32. The summed E-state index contributed by atoms with van der Waals surface area (Å²) in [4.78, 5) is 0. The van der Waals surface area contributed by atoms with Gasteiger partial charge in [-0.15, -0.1) is 0 Å². The first-order valence-corrected chi connectivity index (χ1v) is 7.49. The van der Waals surface area contributed by atoms with E-state index in [9.17, 15) is 0 Å².